The molecule has 1 atom stereocenters. The number of nitrogens with zero attached hydrogens (tertiary/aromatic N) is 4. The van der Waals surface area contributed by atoms with Crippen molar-refractivity contribution in [3.05, 3.63) is 54.2 Å². The molecule has 0 unspecified atom stereocenters. The number of aliphatic hydroxyl groups excluding tert-OH is 1. The molecule has 2 fully saturated rings. The van der Waals surface area contributed by atoms with Crippen molar-refractivity contribution < 1.29 is 5.11 Å². The molecule has 1 saturated carbocycles. The number of rotatable bonds is 5. The number of anilines is 2. The molecule has 6 heteroatoms. The molecule has 1 aromatic carbocycles. The summed E-state index contributed by atoms with van der Waals surface area (Å²) in [6.45, 7) is 5.67. The Hall–Kier alpha value is -2.57. The largest absolute Gasteiger partial charge is 0.389 e. The maximum Gasteiger partial charge on any atom is 0.142 e. The van der Waals surface area contributed by atoms with Crippen molar-refractivity contribution in [2.75, 3.05) is 43.0 Å². The summed E-state index contributed by atoms with van der Waals surface area (Å²) >= 11 is 0. The standard InChI is InChI=1S/C24H31N5O/c1-17(30)18-3-6-21(7-4-18)27-11-13-28(14-12-27)23-8-5-19-9-10-29(24(19)26-23)22-15-20(16-22)25-2/h3-10,17,20,22,25,30H,11-16H2,1-2H3/t17-,20?,22?/m1/s1. The molecule has 0 radical (unpaired) electrons. The fourth-order valence-corrected chi connectivity index (χ4v) is 4.70. The van der Waals surface area contributed by atoms with Crippen LogP contribution in [0.15, 0.2) is 48.7 Å². The number of aliphatic hydroxyl groups is 1. The van der Waals surface area contributed by atoms with Gasteiger partial charge in [0.05, 0.1) is 6.10 Å². The van der Waals surface area contributed by atoms with Gasteiger partial charge >= 0.3 is 0 Å². The van der Waals surface area contributed by atoms with E-state index in [4.69, 9.17) is 4.98 Å². The molecule has 5 rings (SSSR count). The fourth-order valence-electron chi connectivity index (χ4n) is 4.70. The van der Waals surface area contributed by atoms with Gasteiger partial charge < -0.3 is 24.8 Å². The molecule has 3 heterocycles. The van der Waals surface area contributed by atoms with Crippen molar-refractivity contribution in [3.8, 4) is 0 Å². The Morgan fingerprint density at radius 2 is 1.67 bits per heavy atom. The molecule has 30 heavy (non-hydrogen) atoms. The summed E-state index contributed by atoms with van der Waals surface area (Å²) in [7, 11) is 2.05. The second-order valence-corrected chi connectivity index (χ2v) is 8.66. The van der Waals surface area contributed by atoms with E-state index in [1.54, 1.807) is 6.92 Å². The van der Waals surface area contributed by atoms with Crippen molar-refractivity contribution in [2.45, 2.75) is 38.0 Å². The molecular formula is C24H31N5O. The summed E-state index contributed by atoms with van der Waals surface area (Å²) in [6, 6.07) is 16.0. The number of benzene rings is 1. The Kier molecular flexibility index (Phi) is 5.13. The van der Waals surface area contributed by atoms with Gasteiger partial charge in [0, 0.05) is 55.5 Å². The van der Waals surface area contributed by atoms with Crippen LogP contribution < -0.4 is 15.1 Å². The average Bonchev–Trinajstić information content (AvgIpc) is 3.16. The van der Waals surface area contributed by atoms with Gasteiger partial charge in [0.2, 0.25) is 0 Å². The van der Waals surface area contributed by atoms with Crippen LogP contribution in [0.2, 0.25) is 0 Å². The van der Waals surface area contributed by atoms with Gasteiger partial charge in [-0.05, 0) is 62.7 Å². The van der Waals surface area contributed by atoms with E-state index in [9.17, 15) is 5.11 Å². The van der Waals surface area contributed by atoms with Crippen molar-refractivity contribution in [3.63, 3.8) is 0 Å². The number of fused-ring (bicyclic) bond motifs is 1. The first kappa shape index (κ1) is 19.4. The second kappa shape index (κ2) is 7.93. The highest BCUT2D eigenvalue weighted by Crippen LogP contribution is 2.35. The third-order valence-electron chi connectivity index (χ3n) is 6.81. The van der Waals surface area contributed by atoms with Crippen LogP contribution in [-0.2, 0) is 0 Å². The minimum atomic E-state index is -0.417. The van der Waals surface area contributed by atoms with E-state index in [2.05, 4.69) is 56.2 Å². The molecule has 2 aromatic heterocycles. The molecule has 1 aliphatic heterocycles. The number of nitrogens with one attached hydrogen (secondary N) is 1. The maximum absolute atomic E-state index is 9.71. The van der Waals surface area contributed by atoms with Crippen molar-refractivity contribution in [1.29, 1.82) is 0 Å². The van der Waals surface area contributed by atoms with Crippen LogP contribution in [0.4, 0.5) is 11.5 Å². The SMILES string of the molecule is CNC1CC(n2ccc3ccc(N4CCN(c5ccc([C@@H](C)O)cc5)CC4)nc32)C1. The van der Waals surface area contributed by atoms with Gasteiger partial charge in [-0.15, -0.1) is 0 Å². The lowest BCUT2D eigenvalue weighted by atomic mass is 9.87. The van der Waals surface area contributed by atoms with E-state index in [0.717, 1.165) is 43.2 Å². The van der Waals surface area contributed by atoms with Crippen molar-refractivity contribution >= 4 is 22.5 Å². The fraction of sp³-hybridized carbons (Fsp3) is 0.458. The molecule has 3 aromatic rings. The zero-order valence-corrected chi connectivity index (χ0v) is 17.8. The van der Waals surface area contributed by atoms with Gasteiger partial charge in [-0.2, -0.15) is 0 Å². The third kappa shape index (κ3) is 3.55. The normalized spacial score (nSPS) is 22.9. The topological polar surface area (TPSA) is 56.6 Å². The highest BCUT2D eigenvalue weighted by atomic mass is 16.3. The molecule has 0 bridgehead atoms. The minimum absolute atomic E-state index is 0.417. The summed E-state index contributed by atoms with van der Waals surface area (Å²) in [5, 5.41) is 14.3. The lowest BCUT2D eigenvalue weighted by molar-refractivity contribution is 0.199. The van der Waals surface area contributed by atoms with E-state index in [1.165, 1.54) is 23.9 Å². The molecule has 2 aliphatic rings. The number of piperazine rings is 1. The van der Waals surface area contributed by atoms with Gasteiger partial charge in [-0.25, -0.2) is 4.98 Å². The zero-order chi connectivity index (χ0) is 20.7. The van der Waals surface area contributed by atoms with Gasteiger partial charge in [0.1, 0.15) is 11.5 Å². The van der Waals surface area contributed by atoms with Crippen molar-refractivity contribution in [2.24, 2.45) is 0 Å². The highest BCUT2D eigenvalue weighted by molar-refractivity contribution is 5.78. The Labute approximate surface area is 178 Å². The molecule has 0 amide bonds. The van der Waals surface area contributed by atoms with Crippen LogP contribution in [0.5, 0.6) is 0 Å². The third-order valence-corrected chi connectivity index (χ3v) is 6.81. The lowest BCUT2D eigenvalue weighted by Gasteiger charge is -2.37. The molecular weight excluding hydrogens is 374 g/mol. The Bertz CT molecular complexity index is 998. The van der Waals surface area contributed by atoms with Crippen LogP contribution >= 0.6 is 0 Å². The second-order valence-electron chi connectivity index (χ2n) is 8.66. The van der Waals surface area contributed by atoms with E-state index in [1.807, 2.05) is 19.2 Å². The lowest BCUT2D eigenvalue weighted by Crippen LogP contribution is -2.46. The van der Waals surface area contributed by atoms with E-state index in [-0.39, 0.29) is 0 Å². The predicted molar refractivity (Wildman–Crippen MR) is 122 cm³/mol. The van der Waals surface area contributed by atoms with Gasteiger partial charge in [0.25, 0.3) is 0 Å². The zero-order valence-electron chi connectivity index (χ0n) is 17.8. The van der Waals surface area contributed by atoms with E-state index >= 15 is 0 Å². The minimum Gasteiger partial charge on any atom is -0.389 e. The first-order chi connectivity index (χ1) is 14.6. The van der Waals surface area contributed by atoms with Crippen LogP contribution in [-0.4, -0.2) is 53.9 Å². The number of pyridine rings is 1. The maximum atomic E-state index is 9.71. The number of hydrogen-bond acceptors (Lipinski definition) is 5. The number of hydrogen-bond donors (Lipinski definition) is 2. The molecule has 2 N–H and O–H groups in total. The molecule has 6 nitrogen and oxygen atoms in total. The number of aromatic nitrogens is 2. The van der Waals surface area contributed by atoms with E-state index in [0.29, 0.717) is 12.1 Å². The molecule has 1 saturated heterocycles. The van der Waals surface area contributed by atoms with Gasteiger partial charge in [-0.1, -0.05) is 12.1 Å². The summed E-state index contributed by atoms with van der Waals surface area (Å²) in [5.41, 5.74) is 3.30. The summed E-state index contributed by atoms with van der Waals surface area (Å²) in [4.78, 5) is 9.87. The van der Waals surface area contributed by atoms with Gasteiger partial charge in [0.15, 0.2) is 0 Å². The summed E-state index contributed by atoms with van der Waals surface area (Å²) in [5.74, 6) is 1.08. The quantitative estimate of drug-likeness (QED) is 0.682. The molecule has 0 spiro atoms. The van der Waals surface area contributed by atoms with Crippen molar-refractivity contribution in [1.82, 2.24) is 14.9 Å². The van der Waals surface area contributed by atoms with Crippen LogP contribution in [0.25, 0.3) is 11.0 Å². The first-order valence-corrected chi connectivity index (χ1v) is 11.0. The Morgan fingerprint density at radius 1 is 0.967 bits per heavy atom. The Morgan fingerprint density at radius 3 is 2.33 bits per heavy atom. The van der Waals surface area contributed by atoms with Crippen LogP contribution in [0.3, 0.4) is 0 Å². The average molecular weight is 406 g/mol. The smallest absolute Gasteiger partial charge is 0.142 e. The molecule has 158 valence electrons. The summed E-state index contributed by atoms with van der Waals surface area (Å²) in [6.07, 6.45) is 4.14. The monoisotopic (exact) mass is 405 g/mol. The Balaban J connectivity index is 1.28. The van der Waals surface area contributed by atoms with Gasteiger partial charge in [-0.3, -0.25) is 0 Å². The van der Waals surface area contributed by atoms with Crippen LogP contribution in [0.1, 0.15) is 37.5 Å². The molecule has 1 aliphatic carbocycles. The predicted octanol–water partition coefficient (Wildman–Crippen LogP) is 3.34. The summed E-state index contributed by atoms with van der Waals surface area (Å²) < 4.78 is 2.37. The highest BCUT2D eigenvalue weighted by Gasteiger charge is 2.30. The van der Waals surface area contributed by atoms with Crippen LogP contribution in [0, 0.1) is 0 Å². The van der Waals surface area contributed by atoms with E-state index < -0.39 is 6.10 Å². The first-order valence-electron chi connectivity index (χ1n) is 11.0.